The first kappa shape index (κ1) is 16.2. The molecule has 2 rings (SSSR count). The Balaban J connectivity index is 1.94. The molecule has 0 bridgehead atoms. The molecule has 1 unspecified atom stereocenters. The zero-order valence-corrected chi connectivity index (χ0v) is 12.8. The first-order valence-electron chi connectivity index (χ1n) is 8.13. The molecular formula is C15H27N3O3. The number of carbonyl (C=O) groups is 2. The van der Waals surface area contributed by atoms with Crippen molar-refractivity contribution in [1.29, 1.82) is 0 Å². The number of hydrogen-bond acceptors (Lipinski definition) is 4. The summed E-state index contributed by atoms with van der Waals surface area (Å²) in [6, 6.07) is -0.441. The Morgan fingerprint density at radius 3 is 2.67 bits per heavy atom. The van der Waals surface area contributed by atoms with Gasteiger partial charge < -0.3 is 15.7 Å². The van der Waals surface area contributed by atoms with Crippen LogP contribution in [-0.2, 0) is 9.59 Å². The molecule has 6 heteroatoms. The van der Waals surface area contributed by atoms with Gasteiger partial charge in [-0.3, -0.25) is 9.69 Å². The number of likely N-dealkylation sites (tertiary alicyclic amines) is 1. The number of carboxylic acid groups (broad SMARTS) is 1. The number of amides is 1. The van der Waals surface area contributed by atoms with Crippen LogP contribution in [0, 0.1) is 0 Å². The van der Waals surface area contributed by atoms with Crippen LogP contribution in [0.2, 0.25) is 0 Å². The third-order valence-corrected chi connectivity index (χ3v) is 4.57. The van der Waals surface area contributed by atoms with Crippen molar-refractivity contribution in [3.8, 4) is 0 Å². The average Bonchev–Trinajstić information content (AvgIpc) is 2.97. The summed E-state index contributed by atoms with van der Waals surface area (Å²) in [4.78, 5) is 25.9. The second-order valence-corrected chi connectivity index (χ2v) is 6.07. The van der Waals surface area contributed by atoms with Gasteiger partial charge in [0.15, 0.2) is 0 Å². The SMILES string of the molecule is CCC[C@@H](NC(=O)C1CCCN1C1CCNCC1)C(=O)O. The quantitative estimate of drug-likeness (QED) is 0.668. The van der Waals surface area contributed by atoms with Gasteiger partial charge >= 0.3 is 5.97 Å². The van der Waals surface area contributed by atoms with Crippen LogP contribution in [0.25, 0.3) is 0 Å². The van der Waals surface area contributed by atoms with Crippen molar-refractivity contribution in [3.63, 3.8) is 0 Å². The lowest BCUT2D eigenvalue weighted by Gasteiger charge is -2.35. The molecule has 0 spiro atoms. The van der Waals surface area contributed by atoms with Gasteiger partial charge in [-0.1, -0.05) is 13.3 Å². The minimum absolute atomic E-state index is 0.105. The van der Waals surface area contributed by atoms with Crippen molar-refractivity contribution in [2.75, 3.05) is 19.6 Å². The lowest BCUT2D eigenvalue weighted by Crippen LogP contribution is -2.53. The molecule has 2 aliphatic rings. The lowest BCUT2D eigenvalue weighted by atomic mass is 10.0. The number of carbonyl (C=O) groups excluding carboxylic acids is 1. The Labute approximate surface area is 126 Å². The van der Waals surface area contributed by atoms with Gasteiger partial charge in [-0.25, -0.2) is 4.79 Å². The highest BCUT2D eigenvalue weighted by Crippen LogP contribution is 2.24. The van der Waals surface area contributed by atoms with Crippen LogP contribution < -0.4 is 10.6 Å². The van der Waals surface area contributed by atoms with E-state index in [-0.39, 0.29) is 11.9 Å². The van der Waals surface area contributed by atoms with E-state index in [0.717, 1.165) is 51.7 Å². The highest BCUT2D eigenvalue weighted by Gasteiger charge is 2.36. The van der Waals surface area contributed by atoms with Crippen LogP contribution >= 0.6 is 0 Å². The molecule has 2 fully saturated rings. The topological polar surface area (TPSA) is 81.7 Å². The molecule has 2 aliphatic heterocycles. The lowest BCUT2D eigenvalue weighted by molar-refractivity contribution is -0.142. The fourth-order valence-electron chi connectivity index (χ4n) is 3.46. The van der Waals surface area contributed by atoms with Crippen molar-refractivity contribution in [2.45, 2.75) is 63.6 Å². The Morgan fingerprint density at radius 2 is 2.05 bits per heavy atom. The molecule has 2 saturated heterocycles. The third-order valence-electron chi connectivity index (χ3n) is 4.57. The Morgan fingerprint density at radius 1 is 1.33 bits per heavy atom. The van der Waals surface area contributed by atoms with E-state index in [1.54, 1.807) is 0 Å². The molecule has 3 N–H and O–H groups in total. The number of carboxylic acids is 1. The first-order valence-corrected chi connectivity index (χ1v) is 8.13. The van der Waals surface area contributed by atoms with Crippen LogP contribution in [0.15, 0.2) is 0 Å². The number of piperidine rings is 1. The maximum atomic E-state index is 12.5. The Hall–Kier alpha value is -1.14. The van der Waals surface area contributed by atoms with Crippen molar-refractivity contribution in [2.24, 2.45) is 0 Å². The molecular weight excluding hydrogens is 270 g/mol. The Kier molecular flexibility index (Phi) is 5.99. The number of aliphatic carboxylic acids is 1. The van der Waals surface area contributed by atoms with E-state index in [4.69, 9.17) is 0 Å². The van der Waals surface area contributed by atoms with Gasteiger partial charge in [0.1, 0.15) is 6.04 Å². The van der Waals surface area contributed by atoms with E-state index in [1.165, 1.54) is 0 Å². The van der Waals surface area contributed by atoms with E-state index in [0.29, 0.717) is 12.5 Å². The fraction of sp³-hybridized carbons (Fsp3) is 0.867. The molecule has 0 radical (unpaired) electrons. The summed E-state index contributed by atoms with van der Waals surface area (Å²) in [6.07, 6.45) is 5.24. The largest absolute Gasteiger partial charge is 0.480 e. The highest BCUT2D eigenvalue weighted by molar-refractivity contribution is 5.87. The molecule has 0 aliphatic carbocycles. The van der Waals surface area contributed by atoms with E-state index in [1.807, 2.05) is 6.92 Å². The van der Waals surface area contributed by atoms with Crippen LogP contribution in [0.1, 0.15) is 45.4 Å². The molecule has 1 amide bonds. The third kappa shape index (κ3) is 4.17. The monoisotopic (exact) mass is 297 g/mol. The number of hydrogen-bond donors (Lipinski definition) is 3. The van der Waals surface area contributed by atoms with Crippen molar-refractivity contribution >= 4 is 11.9 Å². The van der Waals surface area contributed by atoms with Gasteiger partial charge in [-0.15, -0.1) is 0 Å². The van der Waals surface area contributed by atoms with Crippen LogP contribution in [0.5, 0.6) is 0 Å². The normalized spacial score (nSPS) is 25.7. The van der Waals surface area contributed by atoms with Crippen molar-refractivity contribution in [3.05, 3.63) is 0 Å². The van der Waals surface area contributed by atoms with Crippen molar-refractivity contribution < 1.29 is 14.7 Å². The predicted molar refractivity (Wildman–Crippen MR) is 80.1 cm³/mol. The summed E-state index contributed by atoms with van der Waals surface area (Å²) in [6.45, 7) is 4.89. The van der Waals surface area contributed by atoms with E-state index < -0.39 is 12.0 Å². The second kappa shape index (κ2) is 7.75. The fourth-order valence-corrected chi connectivity index (χ4v) is 3.46. The van der Waals surface area contributed by atoms with E-state index in [2.05, 4.69) is 15.5 Å². The molecule has 6 nitrogen and oxygen atoms in total. The summed E-state index contributed by atoms with van der Waals surface area (Å²) in [5.41, 5.74) is 0. The Bertz CT molecular complexity index is 369. The van der Waals surface area contributed by atoms with Crippen LogP contribution in [0.4, 0.5) is 0 Å². The average molecular weight is 297 g/mol. The van der Waals surface area contributed by atoms with Crippen LogP contribution in [-0.4, -0.2) is 59.6 Å². The summed E-state index contributed by atoms with van der Waals surface area (Å²) in [7, 11) is 0. The molecule has 2 heterocycles. The van der Waals surface area contributed by atoms with Gasteiger partial charge in [-0.05, 0) is 51.7 Å². The van der Waals surface area contributed by atoms with Crippen LogP contribution in [0.3, 0.4) is 0 Å². The van der Waals surface area contributed by atoms with Gasteiger partial charge in [-0.2, -0.15) is 0 Å². The first-order chi connectivity index (χ1) is 10.1. The second-order valence-electron chi connectivity index (χ2n) is 6.07. The minimum atomic E-state index is -0.934. The molecule has 120 valence electrons. The number of nitrogens with zero attached hydrogens (tertiary/aromatic N) is 1. The smallest absolute Gasteiger partial charge is 0.326 e. The zero-order valence-electron chi connectivity index (χ0n) is 12.8. The van der Waals surface area contributed by atoms with Gasteiger partial charge in [0.05, 0.1) is 6.04 Å². The van der Waals surface area contributed by atoms with Crippen molar-refractivity contribution in [1.82, 2.24) is 15.5 Å². The number of rotatable bonds is 6. The molecule has 0 aromatic rings. The molecule has 2 atom stereocenters. The highest BCUT2D eigenvalue weighted by atomic mass is 16.4. The maximum Gasteiger partial charge on any atom is 0.326 e. The summed E-state index contributed by atoms with van der Waals surface area (Å²) >= 11 is 0. The predicted octanol–water partition coefficient (Wildman–Crippen LogP) is 0.572. The summed E-state index contributed by atoms with van der Waals surface area (Å²) in [5, 5.41) is 15.2. The van der Waals surface area contributed by atoms with E-state index in [9.17, 15) is 14.7 Å². The van der Waals surface area contributed by atoms with Gasteiger partial charge in [0.2, 0.25) is 5.91 Å². The molecule has 0 aromatic heterocycles. The minimum Gasteiger partial charge on any atom is -0.480 e. The standard InChI is InChI=1S/C15H27N3O3/c1-2-4-12(15(20)21)17-14(19)13-5-3-10-18(13)11-6-8-16-9-7-11/h11-13,16H,2-10H2,1H3,(H,17,19)(H,20,21)/t12-,13?/m1/s1. The zero-order chi connectivity index (χ0) is 15.2. The molecule has 0 saturated carbocycles. The van der Waals surface area contributed by atoms with E-state index >= 15 is 0 Å². The van der Waals surface area contributed by atoms with Gasteiger partial charge in [0, 0.05) is 6.04 Å². The maximum absolute atomic E-state index is 12.5. The molecule has 21 heavy (non-hydrogen) atoms. The summed E-state index contributed by atoms with van der Waals surface area (Å²) in [5.74, 6) is -1.04. The van der Waals surface area contributed by atoms with Gasteiger partial charge in [0.25, 0.3) is 0 Å². The number of nitrogens with one attached hydrogen (secondary N) is 2. The summed E-state index contributed by atoms with van der Waals surface area (Å²) < 4.78 is 0. The molecule has 0 aromatic carbocycles.